The van der Waals surface area contributed by atoms with Crippen LogP contribution in [0, 0.1) is 6.92 Å². The molecular weight excluding hydrogens is 404 g/mol. The number of ether oxygens (including phenoxy) is 1. The molecule has 1 aliphatic heterocycles. The molecule has 1 saturated heterocycles. The number of piperidine rings is 1. The Kier molecular flexibility index (Phi) is 6.27. The maximum Gasteiger partial charge on any atom is 0.320 e. The highest BCUT2D eigenvalue weighted by atomic mass is 35.5. The number of nitrogens with zero attached hydrogens (tertiary/aromatic N) is 6. The van der Waals surface area contributed by atoms with Gasteiger partial charge in [0.1, 0.15) is 11.6 Å². The number of nitrogens with one attached hydrogen (secondary N) is 2. The summed E-state index contributed by atoms with van der Waals surface area (Å²) in [6.07, 6.45) is 2.93. The molecule has 0 amide bonds. The minimum Gasteiger partial charge on any atom is -0.467 e. The van der Waals surface area contributed by atoms with E-state index >= 15 is 0 Å². The number of methoxy groups -OCH3 is 1. The van der Waals surface area contributed by atoms with Crippen molar-refractivity contribution >= 4 is 23.2 Å². The second-order valence-corrected chi connectivity index (χ2v) is 7.84. The topological polar surface area (TPSA) is 105 Å². The third kappa shape index (κ3) is 4.79. The number of hydrogen-bond donors (Lipinski definition) is 2. The quantitative estimate of drug-likeness (QED) is 0.591. The van der Waals surface area contributed by atoms with E-state index in [1.807, 2.05) is 18.2 Å². The largest absolute Gasteiger partial charge is 0.467 e. The van der Waals surface area contributed by atoms with Crippen molar-refractivity contribution in [2.24, 2.45) is 0 Å². The van der Waals surface area contributed by atoms with Gasteiger partial charge in [-0.2, -0.15) is 15.2 Å². The first-order valence-corrected chi connectivity index (χ1v) is 10.4. The molecule has 0 radical (unpaired) electrons. The number of aromatic nitrogens is 6. The van der Waals surface area contributed by atoms with Gasteiger partial charge in [-0.05, 0) is 49.4 Å². The number of aryl methyl sites for hydroxylation is 1. The number of tetrazole rings is 1. The Morgan fingerprint density at radius 3 is 2.97 bits per heavy atom. The Labute approximate surface area is 180 Å². The van der Waals surface area contributed by atoms with Crippen LogP contribution < -0.4 is 15.0 Å². The van der Waals surface area contributed by atoms with Gasteiger partial charge in [-0.25, -0.2) is 0 Å². The van der Waals surface area contributed by atoms with E-state index in [1.165, 1.54) is 11.1 Å². The molecule has 0 spiro atoms. The molecular formula is C20H25ClN8O. The van der Waals surface area contributed by atoms with E-state index in [0.29, 0.717) is 6.01 Å². The van der Waals surface area contributed by atoms with Gasteiger partial charge in [-0.3, -0.25) is 0 Å². The smallest absolute Gasteiger partial charge is 0.320 e. The number of anilines is 2. The summed E-state index contributed by atoms with van der Waals surface area (Å²) < 4.78 is 5.34. The zero-order valence-corrected chi connectivity index (χ0v) is 17.9. The average molecular weight is 429 g/mol. The van der Waals surface area contributed by atoms with Gasteiger partial charge >= 0.3 is 6.01 Å². The number of hydrogen-bond acceptors (Lipinski definition) is 8. The van der Waals surface area contributed by atoms with Crippen LogP contribution in [0.2, 0.25) is 5.02 Å². The molecule has 9 nitrogen and oxygen atoms in total. The Morgan fingerprint density at radius 1 is 1.30 bits per heavy atom. The van der Waals surface area contributed by atoms with E-state index in [9.17, 15) is 0 Å². The first-order chi connectivity index (χ1) is 14.6. The van der Waals surface area contributed by atoms with Gasteiger partial charge in [0.25, 0.3) is 0 Å². The molecule has 1 aliphatic rings. The van der Waals surface area contributed by atoms with Crippen molar-refractivity contribution < 1.29 is 4.74 Å². The number of aromatic amines is 1. The molecule has 0 saturated carbocycles. The molecule has 30 heavy (non-hydrogen) atoms. The van der Waals surface area contributed by atoms with Crippen molar-refractivity contribution in [2.45, 2.75) is 32.1 Å². The third-order valence-electron chi connectivity index (χ3n) is 5.35. The summed E-state index contributed by atoms with van der Waals surface area (Å²) in [7, 11) is 1.58. The number of H-pyrrole nitrogens is 1. The van der Waals surface area contributed by atoms with Crippen LogP contribution in [0.4, 0.5) is 11.6 Å². The fraction of sp³-hybridized carbons (Fsp3) is 0.450. The van der Waals surface area contributed by atoms with Gasteiger partial charge < -0.3 is 15.0 Å². The van der Waals surface area contributed by atoms with E-state index in [-0.39, 0.29) is 5.92 Å². The lowest BCUT2D eigenvalue weighted by molar-refractivity contribution is 0.379. The molecule has 1 atom stereocenters. The molecule has 3 heterocycles. The standard InChI is InChI=1S/C20H25ClN8O/c1-13-10-16(21)6-5-14(13)7-8-22-17-11-18(24-20(23-17)30-2)29-9-3-4-15(12-29)19-25-27-28-26-19/h5-6,10-11,15H,3-4,7-9,12H2,1-2H3,(H,22,23,24)(H,25,26,27,28). The zero-order valence-electron chi connectivity index (χ0n) is 17.1. The molecule has 4 rings (SSSR count). The molecule has 3 aromatic rings. The fourth-order valence-corrected chi connectivity index (χ4v) is 3.99. The SMILES string of the molecule is COc1nc(NCCc2ccc(Cl)cc2C)cc(N2CCCC(c3nn[nH]n3)C2)n1. The number of halogens is 1. The maximum absolute atomic E-state index is 6.05. The van der Waals surface area contributed by atoms with Crippen LogP contribution in [0.15, 0.2) is 24.3 Å². The molecule has 10 heteroatoms. The summed E-state index contributed by atoms with van der Waals surface area (Å²) in [5, 5.41) is 18.7. The lowest BCUT2D eigenvalue weighted by atomic mass is 9.97. The van der Waals surface area contributed by atoms with Gasteiger partial charge in [0.05, 0.1) is 7.11 Å². The molecule has 0 aliphatic carbocycles. The van der Waals surface area contributed by atoms with Crippen molar-refractivity contribution in [1.82, 2.24) is 30.6 Å². The Hall–Kier alpha value is -2.94. The zero-order chi connectivity index (χ0) is 20.9. The van der Waals surface area contributed by atoms with Crippen LogP contribution in [0.25, 0.3) is 0 Å². The molecule has 2 aromatic heterocycles. The van der Waals surface area contributed by atoms with Gasteiger partial charge in [-0.15, -0.1) is 10.2 Å². The summed E-state index contributed by atoms with van der Waals surface area (Å²) >= 11 is 6.05. The van der Waals surface area contributed by atoms with E-state index in [1.54, 1.807) is 7.11 Å². The maximum atomic E-state index is 6.05. The second kappa shape index (κ2) is 9.25. The lowest BCUT2D eigenvalue weighted by Gasteiger charge is -2.32. The predicted octanol–water partition coefficient (Wildman–Crippen LogP) is 3.00. The Bertz CT molecular complexity index is 981. The van der Waals surface area contributed by atoms with E-state index in [4.69, 9.17) is 16.3 Å². The van der Waals surface area contributed by atoms with Crippen molar-refractivity contribution in [3.63, 3.8) is 0 Å². The molecule has 0 bridgehead atoms. The molecule has 1 unspecified atom stereocenters. The molecule has 158 valence electrons. The first-order valence-electron chi connectivity index (χ1n) is 10.0. The van der Waals surface area contributed by atoms with Crippen LogP contribution in [-0.4, -0.2) is 57.3 Å². The van der Waals surface area contributed by atoms with Crippen molar-refractivity contribution in [1.29, 1.82) is 0 Å². The molecule has 1 fully saturated rings. The van der Waals surface area contributed by atoms with Crippen LogP contribution in [0.3, 0.4) is 0 Å². The highest BCUT2D eigenvalue weighted by Gasteiger charge is 2.26. The van der Waals surface area contributed by atoms with Crippen LogP contribution >= 0.6 is 11.6 Å². The summed E-state index contributed by atoms with van der Waals surface area (Å²) in [6, 6.07) is 8.29. The van der Waals surface area contributed by atoms with Gasteiger partial charge in [0.2, 0.25) is 0 Å². The van der Waals surface area contributed by atoms with Crippen molar-refractivity contribution in [2.75, 3.05) is 37.0 Å². The summed E-state index contributed by atoms with van der Waals surface area (Å²) in [5.74, 6) is 2.55. The summed E-state index contributed by atoms with van der Waals surface area (Å²) in [6.45, 7) is 4.51. The van der Waals surface area contributed by atoms with Crippen LogP contribution in [0.5, 0.6) is 6.01 Å². The van der Waals surface area contributed by atoms with Crippen molar-refractivity contribution in [3.05, 3.63) is 46.2 Å². The summed E-state index contributed by atoms with van der Waals surface area (Å²) in [4.78, 5) is 11.2. The number of rotatable bonds is 7. The highest BCUT2D eigenvalue weighted by Crippen LogP contribution is 2.28. The number of benzene rings is 1. The fourth-order valence-electron chi connectivity index (χ4n) is 3.76. The molecule has 2 N–H and O–H groups in total. The summed E-state index contributed by atoms with van der Waals surface area (Å²) in [5.41, 5.74) is 2.44. The minimum absolute atomic E-state index is 0.225. The van der Waals surface area contributed by atoms with Gasteiger partial charge in [0.15, 0.2) is 5.82 Å². The normalized spacial score (nSPS) is 16.5. The predicted molar refractivity (Wildman–Crippen MR) is 115 cm³/mol. The Morgan fingerprint density at radius 2 is 2.20 bits per heavy atom. The van der Waals surface area contributed by atoms with Crippen LogP contribution in [0.1, 0.15) is 35.7 Å². The van der Waals surface area contributed by atoms with E-state index < -0.39 is 0 Å². The van der Waals surface area contributed by atoms with Gasteiger partial charge in [0, 0.05) is 36.6 Å². The second-order valence-electron chi connectivity index (χ2n) is 7.40. The Balaban J connectivity index is 1.45. The van der Waals surface area contributed by atoms with Gasteiger partial charge in [-0.1, -0.05) is 22.9 Å². The first kappa shape index (κ1) is 20.3. The van der Waals surface area contributed by atoms with E-state index in [2.05, 4.69) is 53.8 Å². The van der Waals surface area contributed by atoms with Crippen LogP contribution in [-0.2, 0) is 6.42 Å². The highest BCUT2D eigenvalue weighted by molar-refractivity contribution is 6.30. The third-order valence-corrected chi connectivity index (χ3v) is 5.59. The van der Waals surface area contributed by atoms with E-state index in [0.717, 1.165) is 61.4 Å². The average Bonchev–Trinajstić information content (AvgIpc) is 3.30. The van der Waals surface area contributed by atoms with Crippen molar-refractivity contribution in [3.8, 4) is 6.01 Å². The lowest BCUT2D eigenvalue weighted by Crippen LogP contribution is -2.35. The molecule has 1 aromatic carbocycles. The minimum atomic E-state index is 0.225. The monoisotopic (exact) mass is 428 g/mol.